The van der Waals surface area contributed by atoms with Gasteiger partial charge in [0.15, 0.2) is 0 Å². The number of sulfonamides is 1. The predicted molar refractivity (Wildman–Crippen MR) is 77.8 cm³/mol. The normalized spacial score (nSPS) is 18.4. The lowest BCUT2D eigenvalue weighted by Crippen LogP contribution is -2.39. The number of thioether (sulfide) groups is 1. The van der Waals surface area contributed by atoms with Crippen LogP contribution in [-0.2, 0) is 19.6 Å². The molecule has 7 heteroatoms. The molecule has 1 fully saturated rings. The first-order chi connectivity index (χ1) is 8.93. The Balaban J connectivity index is 2.36. The van der Waals surface area contributed by atoms with Gasteiger partial charge in [0.1, 0.15) is 0 Å². The van der Waals surface area contributed by atoms with E-state index in [-0.39, 0.29) is 22.9 Å². The van der Waals surface area contributed by atoms with E-state index in [1.165, 1.54) is 20.0 Å². The molecule has 1 N–H and O–H groups in total. The van der Waals surface area contributed by atoms with Gasteiger partial charge in [0.05, 0.1) is 12.9 Å². The van der Waals surface area contributed by atoms with E-state index >= 15 is 0 Å². The van der Waals surface area contributed by atoms with Gasteiger partial charge in [-0.3, -0.25) is 4.79 Å². The van der Waals surface area contributed by atoms with Gasteiger partial charge in [-0.25, -0.2) is 13.1 Å². The summed E-state index contributed by atoms with van der Waals surface area (Å²) in [5.41, 5.74) is 0. The van der Waals surface area contributed by atoms with E-state index in [0.29, 0.717) is 13.0 Å². The molecule has 0 atom stereocenters. The van der Waals surface area contributed by atoms with E-state index in [9.17, 15) is 13.2 Å². The minimum atomic E-state index is -3.29. The molecule has 1 aliphatic carbocycles. The average molecular weight is 309 g/mol. The van der Waals surface area contributed by atoms with E-state index in [4.69, 9.17) is 0 Å². The van der Waals surface area contributed by atoms with Gasteiger partial charge in [-0.05, 0) is 25.5 Å². The van der Waals surface area contributed by atoms with Crippen LogP contribution in [0, 0.1) is 0 Å². The Hall–Kier alpha value is -0.270. The highest BCUT2D eigenvalue weighted by molar-refractivity contribution is 8.00. The second-order valence-corrected chi connectivity index (χ2v) is 8.11. The molecule has 0 aromatic rings. The largest absolute Gasteiger partial charge is 0.469 e. The van der Waals surface area contributed by atoms with Crippen LogP contribution >= 0.6 is 11.8 Å². The van der Waals surface area contributed by atoms with Gasteiger partial charge in [-0.15, -0.1) is 0 Å². The maximum Gasteiger partial charge on any atom is 0.305 e. The van der Waals surface area contributed by atoms with Crippen LogP contribution in [0.2, 0.25) is 0 Å². The SMILES string of the molecule is COC(=O)CCCS(=O)(=O)NCC1(SC)CCCC1. The van der Waals surface area contributed by atoms with Gasteiger partial charge in [-0.2, -0.15) is 11.8 Å². The number of carbonyl (C=O) groups is 1. The Kier molecular flexibility index (Phi) is 6.62. The molecule has 0 amide bonds. The molecular formula is C12H23NO4S2. The van der Waals surface area contributed by atoms with Crippen LogP contribution in [0.15, 0.2) is 0 Å². The van der Waals surface area contributed by atoms with Gasteiger partial charge >= 0.3 is 5.97 Å². The Labute approximate surface area is 119 Å². The molecule has 19 heavy (non-hydrogen) atoms. The Bertz CT molecular complexity index is 389. The van der Waals surface area contributed by atoms with Crippen LogP contribution in [-0.4, -0.2) is 44.8 Å². The number of ether oxygens (including phenoxy) is 1. The summed E-state index contributed by atoms with van der Waals surface area (Å²) in [5.74, 6) is -0.390. The van der Waals surface area contributed by atoms with Crippen molar-refractivity contribution in [1.82, 2.24) is 4.72 Å². The highest BCUT2D eigenvalue weighted by Crippen LogP contribution is 2.39. The van der Waals surface area contributed by atoms with Crippen LogP contribution in [0.4, 0.5) is 0 Å². The van der Waals surface area contributed by atoms with E-state index in [1.54, 1.807) is 11.8 Å². The number of rotatable bonds is 8. The average Bonchev–Trinajstić information content (AvgIpc) is 2.86. The maximum absolute atomic E-state index is 11.8. The first-order valence-corrected chi connectivity index (χ1v) is 9.40. The smallest absolute Gasteiger partial charge is 0.305 e. The van der Waals surface area contributed by atoms with Crippen molar-refractivity contribution < 1.29 is 17.9 Å². The second kappa shape index (κ2) is 7.50. The standard InChI is InChI=1S/C12H23NO4S2/c1-17-11(14)6-5-9-19(15,16)13-10-12(18-2)7-3-4-8-12/h13H,3-10H2,1-2H3. The van der Waals surface area contributed by atoms with Crippen molar-refractivity contribution in [2.24, 2.45) is 0 Å². The Morgan fingerprint density at radius 1 is 1.37 bits per heavy atom. The molecule has 1 aliphatic rings. The first kappa shape index (κ1) is 16.8. The van der Waals surface area contributed by atoms with Crippen molar-refractivity contribution >= 4 is 27.8 Å². The van der Waals surface area contributed by atoms with Gasteiger partial charge < -0.3 is 4.74 Å². The topological polar surface area (TPSA) is 72.5 Å². The lowest BCUT2D eigenvalue weighted by atomic mass is 10.1. The first-order valence-electron chi connectivity index (χ1n) is 6.52. The summed E-state index contributed by atoms with van der Waals surface area (Å²) in [6, 6.07) is 0. The maximum atomic E-state index is 11.8. The summed E-state index contributed by atoms with van der Waals surface area (Å²) in [5, 5.41) is 0. The van der Waals surface area contributed by atoms with Gasteiger partial charge in [0.2, 0.25) is 10.0 Å². The summed E-state index contributed by atoms with van der Waals surface area (Å²) in [6.07, 6.45) is 6.96. The zero-order valence-electron chi connectivity index (χ0n) is 11.6. The van der Waals surface area contributed by atoms with E-state index < -0.39 is 10.0 Å². The van der Waals surface area contributed by atoms with Crippen molar-refractivity contribution in [3.63, 3.8) is 0 Å². The van der Waals surface area contributed by atoms with Crippen LogP contribution in [0.3, 0.4) is 0 Å². The lowest BCUT2D eigenvalue weighted by Gasteiger charge is -2.26. The van der Waals surface area contributed by atoms with Gasteiger partial charge in [-0.1, -0.05) is 12.8 Å². The van der Waals surface area contributed by atoms with Crippen LogP contribution in [0.1, 0.15) is 38.5 Å². The quantitative estimate of drug-likeness (QED) is 0.689. The number of hydrogen-bond donors (Lipinski definition) is 1. The number of hydrogen-bond acceptors (Lipinski definition) is 5. The Morgan fingerprint density at radius 3 is 2.53 bits per heavy atom. The number of carbonyl (C=O) groups excluding carboxylic acids is 1. The van der Waals surface area contributed by atoms with Crippen molar-refractivity contribution in [3.05, 3.63) is 0 Å². The molecule has 0 spiro atoms. The molecule has 0 aromatic heterocycles. The fraction of sp³-hybridized carbons (Fsp3) is 0.917. The minimum absolute atomic E-state index is 0.0213. The number of nitrogens with one attached hydrogen (secondary N) is 1. The van der Waals surface area contributed by atoms with Crippen molar-refractivity contribution in [2.45, 2.75) is 43.3 Å². The predicted octanol–water partition coefficient (Wildman–Crippen LogP) is 1.53. The summed E-state index contributed by atoms with van der Waals surface area (Å²) < 4.78 is 30.9. The third kappa shape index (κ3) is 5.71. The van der Waals surface area contributed by atoms with Crippen LogP contribution in [0.25, 0.3) is 0 Å². The fourth-order valence-corrected chi connectivity index (χ4v) is 4.46. The molecule has 0 bridgehead atoms. The zero-order chi connectivity index (χ0) is 14.4. The van der Waals surface area contributed by atoms with Crippen molar-refractivity contribution in [2.75, 3.05) is 25.7 Å². The molecule has 0 unspecified atom stereocenters. The lowest BCUT2D eigenvalue weighted by molar-refractivity contribution is -0.140. The van der Waals surface area contributed by atoms with Crippen LogP contribution in [0.5, 0.6) is 0 Å². The third-order valence-electron chi connectivity index (χ3n) is 3.58. The molecule has 5 nitrogen and oxygen atoms in total. The molecule has 0 aromatic carbocycles. The minimum Gasteiger partial charge on any atom is -0.469 e. The summed E-state index contributed by atoms with van der Waals surface area (Å²) in [7, 11) is -1.99. The van der Waals surface area contributed by atoms with Crippen molar-refractivity contribution in [1.29, 1.82) is 0 Å². The molecule has 0 saturated heterocycles. The second-order valence-electron chi connectivity index (χ2n) is 4.91. The van der Waals surface area contributed by atoms with Crippen LogP contribution < -0.4 is 4.72 Å². The third-order valence-corrected chi connectivity index (χ3v) is 6.41. The number of methoxy groups -OCH3 is 1. The van der Waals surface area contributed by atoms with Gasteiger partial charge in [0, 0.05) is 17.7 Å². The zero-order valence-corrected chi connectivity index (χ0v) is 13.2. The summed E-state index contributed by atoms with van der Waals surface area (Å²) in [6.45, 7) is 0.495. The fourth-order valence-electron chi connectivity index (χ4n) is 2.29. The summed E-state index contributed by atoms with van der Waals surface area (Å²) >= 11 is 1.75. The molecule has 0 radical (unpaired) electrons. The van der Waals surface area contributed by atoms with Gasteiger partial charge in [0.25, 0.3) is 0 Å². The summed E-state index contributed by atoms with van der Waals surface area (Å²) in [4.78, 5) is 10.9. The molecule has 1 saturated carbocycles. The van der Waals surface area contributed by atoms with E-state index in [1.807, 2.05) is 6.26 Å². The van der Waals surface area contributed by atoms with E-state index in [2.05, 4.69) is 9.46 Å². The van der Waals surface area contributed by atoms with Crippen molar-refractivity contribution in [3.8, 4) is 0 Å². The molecule has 0 aliphatic heterocycles. The highest BCUT2D eigenvalue weighted by atomic mass is 32.2. The highest BCUT2D eigenvalue weighted by Gasteiger charge is 2.33. The molecule has 0 heterocycles. The molecular weight excluding hydrogens is 286 g/mol. The number of esters is 1. The molecule has 112 valence electrons. The Morgan fingerprint density at radius 2 is 2.00 bits per heavy atom. The van der Waals surface area contributed by atoms with E-state index in [0.717, 1.165) is 12.8 Å². The monoisotopic (exact) mass is 309 g/mol. The molecule has 1 rings (SSSR count).